The first-order chi connectivity index (χ1) is 11.9. The van der Waals surface area contributed by atoms with Crippen molar-refractivity contribution >= 4 is 17.7 Å². The van der Waals surface area contributed by atoms with Crippen LogP contribution in [0.2, 0.25) is 0 Å². The highest BCUT2D eigenvalue weighted by molar-refractivity contribution is 7.98. The number of hydrogen-bond donors (Lipinski definition) is 0. The molecule has 0 bridgehead atoms. The fourth-order valence-electron chi connectivity index (χ4n) is 1.82. The average Bonchev–Trinajstić information content (AvgIpc) is 2.64. The van der Waals surface area contributed by atoms with Crippen LogP contribution in [-0.4, -0.2) is 25.4 Å². The third-order valence-electron chi connectivity index (χ3n) is 3.04. The molecule has 0 aromatic heterocycles. The summed E-state index contributed by atoms with van der Waals surface area (Å²) in [5.41, 5.74) is 0.253. The van der Waals surface area contributed by atoms with Crippen LogP contribution in [0.5, 0.6) is 5.75 Å². The molecule has 2 rings (SSSR count). The summed E-state index contributed by atoms with van der Waals surface area (Å²) >= 11 is 1.42. The maximum Gasteiger partial charge on any atom is 0.338 e. The predicted octanol–water partition coefficient (Wildman–Crippen LogP) is 4.34. The zero-order valence-electron chi connectivity index (χ0n) is 12.7. The van der Waals surface area contributed by atoms with Gasteiger partial charge in [-0.3, -0.25) is 0 Å². The summed E-state index contributed by atoms with van der Waals surface area (Å²) in [5.74, 6) is -12.8. The Kier molecular flexibility index (Phi) is 6.24. The van der Waals surface area contributed by atoms with E-state index < -0.39 is 54.0 Å². The van der Waals surface area contributed by atoms with Crippen molar-refractivity contribution in [1.29, 1.82) is 0 Å². The quantitative estimate of drug-likeness (QED) is 0.187. The molecule has 2 aromatic carbocycles. The number of halogens is 5. The van der Waals surface area contributed by atoms with Gasteiger partial charge in [0.1, 0.15) is 13.2 Å². The van der Waals surface area contributed by atoms with Crippen LogP contribution in [-0.2, 0) is 4.74 Å². The Balaban J connectivity index is 1.97. The second kappa shape index (κ2) is 8.19. The van der Waals surface area contributed by atoms with Crippen molar-refractivity contribution in [2.45, 2.75) is 4.90 Å². The lowest BCUT2D eigenvalue weighted by molar-refractivity contribution is 0.0444. The number of rotatable bonds is 6. The van der Waals surface area contributed by atoms with E-state index in [0.717, 1.165) is 4.90 Å². The summed E-state index contributed by atoms with van der Waals surface area (Å²) in [6.45, 7) is -1.03. The molecule has 0 saturated heterocycles. The topological polar surface area (TPSA) is 35.5 Å². The number of carbonyl (C=O) groups excluding carboxylic acids is 1. The predicted molar refractivity (Wildman–Crippen MR) is 80.2 cm³/mol. The third kappa shape index (κ3) is 4.22. The van der Waals surface area contributed by atoms with E-state index in [2.05, 4.69) is 4.74 Å². The first-order valence-corrected chi connectivity index (χ1v) is 8.04. The molecule has 0 aliphatic carbocycles. The molecule has 9 heteroatoms. The number of benzene rings is 2. The molecule has 134 valence electrons. The van der Waals surface area contributed by atoms with Crippen LogP contribution in [0, 0.1) is 29.1 Å². The Hall–Kier alpha value is -2.29. The van der Waals surface area contributed by atoms with Crippen molar-refractivity contribution in [3.05, 3.63) is 58.9 Å². The van der Waals surface area contributed by atoms with E-state index in [9.17, 15) is 26.7 Å². The van der Waals surface area contributed by atoms with Crippen molar-refractivity contribution in [3.8, 4) is 5.75 Å². The van der Waals surface area contributed by atoms with Crippen LogP contribution in [0.3, 0.4) is 0 Å². The van der Waals surface area contributed by atoms with Crippen molar-refractivity contribution in [3.63, 3.8) is 0 Å². The summed E-state index contributed by atoms with van der Waals surface area (Å²) < 4.78 is 75.0. The minimum atomic E-state index is -2.28. The Morgan fingerprint density at radius 2 is 1.56 bits per heavy atom. The van der Waals surface area contributed by atoms with E-state index >= 15 is 0 Å². The third-order valence-corrected chi connectivity index (χ3v) is 3.76. The van der Waals surface area contributed by atoms with Crippen LogP contribution >= 0.6 is 11.8 Å². The Bertz CT molecular complexity index is 769. The summed E-state index contributed by atoms with van der Waals surface area (Å²) in [6, 6.07) is 6.52. The molecule has 0 aliphatic heterocycles. The van der Waals surface area contributed by atoms with Gasteiger partial charge in [-0.2, -0.15) is 8.78 Å². The van der Waals surface area contributed by atoms with E-state index in [1.54, 1.807) is 18.2 Å². The molecule has 2 aromatic rings. The summed E-state index contributed by atoms with van der Waals surface area (Å²) in [7, 11) is 0. The molecule has 0 spiro atoms. The van der Waals surface area contributed by atoms with Gasteiger partial charge >= 0.3 is 5.97 Å². The number of ether oxygens (including phenoxy) is 2. The molecule has 0 aliphatic rings. The molecule has 0 amide bonds. The van der Waals surface area contributed by atoms with Crippen molar-refractivity contribution < 1.29 is 36.2 Å². The van der Waals surface area contributed by atoms with Crippen molar-refractivity contribution in [1.82, 2.24) is 0 Å². The van der Waals surface area contributed by atoms with Gasteiger partial charge < -0.3 is 9.47 Å². The largest absolute Gasteiger partial charge is 0.484 e. The highest BCUT2D eigenvalue weighted by atomic mass is 32.2. The standard InChI is InChI=1S/C16H11F5O3S/c1-25-9-4-2-3-8(7-9)16(22)24-6-5-23-15-13(20)11(18)10(17)12(19)14(15)21/h2-4,7H,5-6H2,1H3. The van der Waals surface area contributed by atoms with Crippen molar-refractivity contribution in [2.75, 3.05) is 19.5 Å². The first kappa shape index (κ1) is 19.0. The van der Waals surface area contributed by atoms with Crippen molar-refractivity contribution in [2.24, 2.45) is 0 Å². The zero-order valence-corrected chi connectivity index (χ0v) is 13.6. The van der Waals surface area contributed by atoms with Crippen LogP contribution in [0.15, 0.2) is 29.2 Å². The molecule has 0 fully saturated rings. The number of carbonyl (C=O) groups is 1. The lowest BCUT2D eigenvalue weighted by atomic mass is 10.2. The molecule has 0 heterocycles. The monoisotopic (exact) mass is 378 g/mol. The van der Waals surface area contributed by atoms with Gasteiger partial charge in [0.05, 0.1) is 5.56 Å². The Morgan fingerprint density at radius 1 is 0.960 bits per heavy atom. The number of thioether (sulfide) groups is 1. The molecule has 0 saturated carbocycles. The number of hydrogen-bond acceptors (Lipinski definition) is 4. The van der Waals surface area contributed by atoms with Gasteiger partial charge in [0, 0.05) is 4.90 Å². The molecular formula is C16H11F5O3S. The summed E-state index contributed by atoms with van der Waals surface area (Å²) in [4.78, 5) is 12.6. The zero-order chi connectivity index (χ0) is 18.6. The maximum absolute atomic E-state index is 13.4. The highest BCUT2D eigenvalue weighted by Gasteiger charge is 2.27. The fraction of sp³-hybridized carbons (Fsp3) is 0.188. The van der Waals surface area contributed by atoms with Crippen LogP contribution in [0.4, 0.5) is 22.0 Å². The molecule has 0 atom stereocenters. The van der Waals surface area contributed by atoms with E-state index in [1.165, 1.54) is 17.8 Å². The SMILES string of the molecule is CSc1cccc(C(=O)OCCOc2c(F)c(F)c(F)c(F)c2F)c1. The minimum absolute atomic E-state index is 0.253. The molecular weight excluding hydrogens is 367 g/mol. The van der Waals surface area contributed by atoms with Crippen LogP contribution in [0.1, 0.15) is 10.4 Å². The van der Waals surface area contributed by atoms with Gasteiger partial charge in [0.15, 0.2) is 5.75 Å². The maximum atomic E-state index is 13.4. The van der Waals surface area contributed by atoms with Gasteiger partial charge in [-0.15, -0.1) is 11.8 Å². The summed E-state index contributed by atoms with van der Waals surface area (Å²) in [6.07, 6.45) is 1.82. The van der Waals surface area contributed by atoms with Gasteiger partial charge in [-0.1, -0.05) is 6.07 Å². The molecule has 0 radical (unpaired) electrons. The normalized spacial score (nSPS) is 10.6. The van der Waals surface area contributed by atoms with E-state index in [-0.39, 0.29) is 5.56 Å². The van der Waals surface area contributed by atoms with Crippen LogP contribution < -0.4 is 4.74 Å². The van der Waals surface area contributed by atoms with Crippen LogP contribution in [0.25, 0.3) is 0 Å². The van der Waals surface area contributed by atoms with Gasteiger partial charge in [-0.05, 0) is 24.5 Å². The molecule has 0 unspecified atom stereocenters. The number of esters is 1. The molecule has 3 nitrogen and oxygen atoms in total. The Labute approximate surface area is 143 Å². The smallest absolute Gasteiger partial charge is 0.338 e. The van der Waals surface area contributed by atoms with E-state index in [4.69, 9.17) is 4.74 Å². The van der Waals surface area contributed by atoms with Gasteiger partial charge in [0.25, 0.3) is 0 Å². The lowest BCUT2D eigenvalue weighted by Crippen LogP contribution is -2.14. The summed E-state index contributed by atoms with van der Waals surface area (Å²) in [5, 5.41) is 0. The van der Waals surface area contributed by atoms with Gasteiger partial charge in [0.2, 0.25) is 29.1 Å². The fourth-order valence-corrected chi connectivity index (χ4v) is 2.28. The average molecular weight is 378 g/mol. The lowest BCUT2D eigenvalue weighted by Gasteiger charge is -2.10. The first-order valence-electron chi connectivity index (χ1n) is 6.82. The minimum Gasteiger partial charge on any atom is -0.484 e. The Morgan fingerprint density at radius 3 is 2.16 bits per heavy atom. The van der Waals surface area contributed by atoms with Gasteiger partial charge in [-0.25, -0.2) is 18.0 Å². The molecule has 0 N–H and O–H groups in total. The second-order valence-corrected chi connectivity index (χ2v) is 5.50. The van der Waals surface area contributed by atoms with E-state index in [1.807, 2.05) is 6.26 Å². The molecule has 25 heavy (non-hydrogen) atoms. The second-order valence-electron chi connectivity index (χ2n) is 4.62. The highest BCUT2D eigenvalue weighted by Crippen LogP contribution is 2.29. The van der Waals surface area contributed by atoms with E-state index in [0.29, 0.717) is 0 Å².